The van der Waals surface area contributed by atoms with Crippen molar-refractivity contribution in [2.45, 2.75) is 39.8 Å². The minimum atomic E-state index is -0.756. The van der Waals surface area contributed by atoms with Crippen molar-refractivity contribution in [1.82, 2.24) is 10.6 Å². The summed E-state index contributed by atoms with van der Waals surface area (Å²) in [6.45, 7) is 6.54. The van der Waals surface area contributed by atoms with E-state index in [0.717, 1.165) is 0 Å². The summed E-state index contributed by atoms with van der Waals surface area (Å²) in [4.78, 5) is 35.3. The molecule has 0 heterocycles. The molecule has 0 aliphatic rings. The Balaban J connectivity index is 2.65. The van der Waals surface area contributed by atoms with E-state index in [4.69, 9.17) is 25.8 Å². The summed E-state index contributed by atoms with van der Waals surface area (Å²) in [5.74, 6) is -1.09. The predicted octanol–water partition coefficient (Wildman–Crippen LogP) is 1.93. The lowest BCUT2D eigenvalue weighted by Gasteiger charge is -2.16. The number of nitrogens with one attached hydrogen (secondary N) is 2. The highest BCUT2D eigenvalue weighted by molar-refractivity contribution is 6.32. The van der Waals surface area contributed by atoms with Gasteiger partial charge in [-0.1, -0.05) is 11.6 Å². The van der Waals surface area contributed by atoms with Crippen molar-refractivity contribution < 1.29 is 28.6 Å². The van der Waals surface area contributed by atoms with Gasteiger partial charge in [-0.25, -0.2) is 4.79 Å². The number of methoxy groups -OCH3 is 1. The molecule has 0 bridgehead atoms. The maximum atomic E-state index is 12.2. The van der Waals surface area contributed by atoms with E-state index in [-0.39, 0.29) is 40.9 Å². The largest absolute Gasteiger partial charge is 0.493 e. The number of hydrogen-bond acceptors (Lipinski definition) is 6. The Labute approximate surface area is 163 Å². The minimum Gasteiger partial charge on any atom is -0.493 e. The zero-order valence-corrected chi connectivity index (χ0v) is 16.8. The lowest BCUT2D eigenvalue weighted by molar-refractivity contribution is -0.128. The zero-order valence-electron chi connectivity index (χ0n) is 16.1. The van der Waals surface area contributed by atoms with Crippen LogP contribution in [0.25, 0.3) is 0 Å². The van der Waals surface area contributed by atoms with Crippen LogP contribution in [0.5, 0.6) is 11.5 Å². The van der Waals surface area contributed by atoms with Gasteiger partial charge in [0.15, 0.2) is 18.1 Å². The van der Waals surface area contributed by atoms with Gasteiger partial charge in [0.1, 0.15) is 0 Å². The third kappa shape index (κ3) is 7.74. The van der Waals surface area contributed by atoms with Gasteiger partial charge in [0, 0.05) is 6.04 Å². The molecule has 27 heavy (non-hydrogen) atoms. The second-order valence-electron chi connectivity index (χ2n) is 6.23. The molecule has 2 amide bonds. The average Bonchev–Trinajstić information content (AvgIpc) is 2.58. The van der Waals surface area contributed by atoms with Gasteiger partial charge in [-0.2, -0.15) is 0 Å². The first-order chi connectivity index (χ1) is 12.6. The van der Waals surface area contributed by atoms with Gasteiger partial charge in [-0.05, 0) is 39.8 Å². The van der Waals surface area contributed by atoms with E-state index in [2.05, 4.69) is 10.6 Å². The van der Waals surface area contributed by atoms with E-state index >= 15 is 0 Å². The van der Waals surface area contributed by atoms with Crippen molar-refractivity contribution in [3.63, 3.8) is 0 Å². The second-order valence-corrected chi connectivity index (χ2v) is 6.64. The summed E-state index contributed by atoms with van der Waals surface area (Å²) in [5.41, 5.74) is 0.110. The second kappa shape index (κ2) is 10.6. The Hall–Kier alpha value is -2.48. The van der Waals surface area contributed by atoms with Gasteiger partial charge >= 0.3 is 5.97 Å². The molecular formula is C18H25ClN2O6. The van der Waals surface area contributed by atoms with E-state index in [9.17, 15) is 14.4 Å². The number of benzene rings is 1. The lowest BCUT2D eigenvalue weighted by Crippen LogP contribution is -2.41. The van der Waals surface area contributed by atoms with Gasteiger partial charge in [0.05, 0.1) is 30.3 Å². The number of amides is 2. The maximum absolute atomic E-state index is 12.2. The summed E-state index contributed by atoms with van der Waals surface area (Å²) < 4.78 is 15.7. The summed E-state index contributed by atoms with van der Waals surface area (Å²) in [7, 11) is 1.42. The summed E-state index contributed by atoms with van der Waals surface area (Å²) in [6, 6.07) is 2.76. The van der Waals surface area contributed by atoms with Crippen molar-refractivity contribution in [2.24, 2.45) is 0 Å². The number of halogens is 1. The summed E-state index contributed by atoms with van der Waals surface area (Å²) in [5, 5.41) is 5.17. The third-order valence-corrected chi connectivity index (χ3v) is 3.33. The number of esters is 1. The maximum Gasteiger partial charge on any atom is 0.338 e. The van der Waals surface area contributed by atoms with Crippen LogP contribution in [0.3, 0.4) is 0 Å². The first-order valence-electron chi connectivity index (χ1n) is 8.41. The van der Waals surface area contributed by atoms with Gasteiger partial charge in [0.2, 0.25) is 5.91 Å². The molecule has 8 nitrogen and oxygen atoms in total. The van der Waals surface area contributed by atoms with Gasteiger partial charge < -0.3 is 24.8 Å². The van der Waals surface area contributed by atoms with E-state index in [1.807, 2.05) is 13.8 Å². The van der Waals surface area contributed by atoms with E-state index in [0.29, 0.717) is 5.75 Å². The van der Waals surface area contributed by atoms with Crippen molar-refractivity contribution in [2.75, 3.05) is 20.3 Å². The molecule has 0 aliphatic heterocycles. The Morgan fingerprint density at radius 3 is 2.33 bits per heavy atom. The van der Waals surface area contributed by atoms with Crippen molar-refractivity contribution in [3.8, 4) is 11.5 Å². The highest BCUT2D eigenvalue weighted by Gasteiger charge is 2.18. The van der Waals surface area contributed by atoms with Crippen LogP contribution < -0.4 is 20.1 Å². The van der Waals surface area contributed by atoms with Crippen LogP contribution in [0, 0.1) is 0 Å². The molecule has 0 unspecified atom stereocenters. The first-order valence-corrected chi connectivity index (χ1v) is 8.79. The monoisotopic (exact) mass is 400 g/mol. The van der Waals surface area contributed by atoms with Crippen LogP contribution in [-0.4, -0.2) is 50.2 Å². The van der Waals surface area contributed by atoms with Crippen molar-refractivity contribution in [3.05, 3.63) is 22.7 Å². The van der Waals surface area contributed by atoms with Gasteiger partial charge in [0.25, 0.3) is 5.91 Å². The van der Waals surface area contributed by atoms with Crippen molar-refractivity contribution >= 4 is 29.4 Å². The molecule has 1 aromatic rings. The molecule has 0 saturated carbocycles. The highest BCUT2D eigenvalue weighted by atomic mass is 35.5. The molecule has 0 aromatic heterocycles. The molecule has 2 N–H and O–H groups in total. The van der Waals surface area contributed by atoms with E-state index in [1.54, 1.807) is 13.8 Å². The molecule has 0 spiro atoms. The molecule has 1 rings (SSSR count). The van der Waals surface area contributed by atoms with Gasteiger partial charge in [-0.15, -0.1) is 0 Å². The normalized spacial score (nSPS) is 10.5. The highest BCUT2D eigenvalue weighted by Crippen LogP contribution is 2.37. The fourth-order valence-electron chi connectivity index (χ4n) is 2.01. The quantitative estimate of drug-likeness (QED) is 0.614. The molecule has 0 atom stereocenters. The number of carbonyl (C=O) groups is 3. The predicted molar refractivity (Wildman–Crippen MR) is 100 cm³/mol. The Morgan fingerprint density at radius 1 is 1.11 bits per heavy atom. The number of hydrogen-bond donors (Lipinski definition) is 2. The summed E-state index contributed by atoms with van der Waals surface area (Å²) in [6.07, 6.45) is -0.134. The molecular weight excluding hydrogens is 376 g/mol. The Bertz CT molecular complexity index is 691. The van der Waals surface area contributed by atoms with Crippen molar-refractivity contribution in [1.29, 1.82) is 0 Å². The average molecular weight is 401 g/mol. The van der Waals surface area contributed by atoms with Crippen LogP contribution in [0.15, 0.2) is 12.1 Å². The molecule has 9 heteroatoms. The number of rotatable bonds is 9. The molecule has 0 aliphatic carbocycles. The standard InChI is InChI=1S/C18H25ClN2O6/c1-10(2)21-15(22)8-20-16(23)9-26-18(24)12-6-13(19)17(27-11(3)4)14(7-12)25-5/h6-7,10-11H,8-9H2,1-5H3,(H,20,23)(H,21,22). The molecule has 150 valence electrons. The molecule has 1 aromatic carbocycles. The Morgan fingerprint density at radius 2 is 1.78 bits per heavy atom. The number of ether oxygens (including phenoxy) is 3. The van der Waals surface area contributed by atoms with Crippen LogP contribution in [0.4, 0.5) is 0 Å². The summed E-state index contributed by atoms with van der Waals surface area (Å²) >= 11 is 6.15. The zero-order chi connectivity index (χ0) is 20.6. The third-order valence-electron chi connectivity index (χ3n) is 3.05. The smallest absolute Gasteiger partial charge is 0.338 e. The van der Waals surface area contributed by atoms with E-state index in [1.165, 1.54) is 19.2 Å². The molecule has 0 saturated heterocycles. The van der Waals surface area contributed by atoms with Crippen LogP contribution in [0.1, 0.15) is 38.1 Å². The van der Waals surface area contributed by atoms with Crippen LogP contribution in [0.2, 0.25) is 5.02 Å². The molecule has 0 fully saturated rings. The first kappa shape index (κ1) is 22.6. The lowest BCUT2D eigenvalue weighted by atomic mass is 10.2. The van der Waals surface area contributed by atoms with Gasteiger partial charge in [-0.3, -0.25) is 9.59 Å². The minimum absolute atomic E-state index is 0.0328. The SMILES string of the molecule is COc1cc(C(=O)OCC(=O)NCC(=O)NC(C)C)cc(Cl)c1OC(C)C. The van der Waals surface area contributed by atoms with Crippen LogP contribution >= 0.6 is 11.6 Å². The number of carbonyl (C=O) groups excluding carboxylic acids is 3. The van der Waals surface area contributed by atoms with E-state index < -0.39 is 18.5 Å². The van der Waals surface area contributed by atoms with Crippen LogP contribution in [-0.2, 0) is 14.3 Å². The topological polar surface area (TPSA) is 103 Å². The molecule has 0 radical (unpaired) electrons. The Kier molecular flexibility index (Phi) is 8.87. The fraction of sp³-hybridized carbons (Fsp3) is 0.500. The fourth-order valence-corrected chi connectivity index (χ4v) is 2.26.